The smallest absolute Gasteiger partial charge is 0.261 e. The number of nitrogens with one attached hydrogen (secondary N) is 3. The highest BCUT2D eigenvalue weighted by Gasteiger charge is 2.35. The van der Waals surface area contributed by atoms with E-state index in [4.69, 9.17) is 4.98 Å². The molecular formula is C29H27N5O2. The number of benzene rings is 3. The number of para-hydroxylation sites is 3. The highest BCUT2D eigenvalue weighted by Crippen LogP contribution is 2.38. The van der Waals surface area contributed by atoms with Crippen molar-refractivity contribution in [3.8, 4) is 28.3 Å². The van der Waals surface area contributed by atoms with E-state index in [1.165, 1.54) is 12.8 Å². The number of imidazole rings is 1. The van der Waals surface area contributed by atoms with Crippen molar-refractivity contribution in [1.29, 1.82) is 0 Å². The van der Waals surface area contributed by atoms with Crippen LogP contribution in [0.3, 0.4) is 0 Å². The van der Waals surface area contributed by atoms with Crippen LogP contribution in [0.5, 0.6) is 5.75 Å². The molecule has 36 heavy (non-hydrogen) atoms. The maximum atomic E-state index is 13.5. The Morgan fingerprint density at radius 2 is 1.75 bits per heavy atom. The fourth-order valence-corrected chi connectivity index (χ4v) is 5.94. The van der Waals surface area contributed by atoms with E-state index in [-0.39, 0.29) is 17.4 Å². The minimum Gasteiger partial charge on any atom is -0.507 e. The molecule has 0 saturated carbocycles. The summed E-state index contributed by atoms with van der Waals surface area (Å²) in [5, 5.41) is 15.2. The van der Waals surface area contributed by atoms with Gasteiger partial charge in [0.25, 0.3) is 5.56 Å². The van der Waals surface area contributed by atoms with E-state index < -0.39 is 0 Å². The molecular weight excluding hydrogens is 450 g/mol. The lowest BCUT2D eigenvalue weighted by atomic mass is 9.83. The first-order valence-electron chi connectivity index (χ1n) is 12.6. The van der Waals surface area contributed by atoms with Gasteiger partial charge in [-0.2, -0.15) is 0 Å². The van der Waals surface area contributed by atoms with Crippen LogP contribution in [0, 0.1) is 5.92 Å². The van der Waals surface area contributed by atoms with Gasteiger partial charge in [-0.1, -0.05) is 36.4 Å². The van der Waals surface area contributed by atoms with Crippen LogP contribution < -0.4 is 10.9 Å². The third kappa shape index (κ3) is 3.46. The predicted octanol–water partition coefficient (Wildman–Crippen LogP) is 4.95. The van der Waals surface area contributed by atoms with Gasteiger partial charge in [0.15, 0.2) is 0 Å². The van der Waals surface area contributed by atoms with Crippen molar-refractivity contribution in [2.75, 3.05) is 25.0 Å². The predicted molar refractivity (Wildman–Crippen MR) is 143 cm³/mol. The number of hydrogen-bond acceptors (Lipinski definition) is 5. The lowest BCUT2D eigenvalue weighted by molar-refractivity contribution is 0.0976. The van der Waals surface area contributed by atoms with Crippen LogP contribution >= 0.6 is 0 Å². The highest BCUT2D eigenvalue weighted by atomic mass is 16.3. The van der Waals surface area contributed by atoms with Crippen LogP contribution in [0.1, 0.15) is 12.8 Å². The van der Waals surface area contributed by atoms with Gasteiger partial charge >= 0.3 is 0 Å². The molecule has 8 rings (SSSR count). The van der Waals surface area contributed by atoms with Crippen molar-refractivity contribution in [2.45, 2.75) is 18.9 Å². The molecule has 2 aromatic heterocycles. The number of rotatable bonds is 4. The minimum absolute atomic E-state index is 0.180. The van der Waals surface area contributed by atoms with Gasteiger partial charge in [-0.05, 0) is 67.7 Å². The molecule has 4 N–H and O–H groups in total. The van der Waals surface area contributed by atoms with Crippen LogP contribution in [0.15, 0.2) is 71.5 Å². The number of aromatic amines is 2. The van der Waals surface area contributed by atoms with E-state index in [9.17, 15) is 9.90 Å². The Hall–Kier alpha value is -4.10. The molecule has 0 unspecified atom stereocenters. The summed E-state index contributed by atoms with van der Waals surface area (Å²) in [5.41, 5.74) is 5.24. The zero-order valence-corrected chi connectivity index (χ0v) is 19.8. The molecule has 0 spiro atoms. The monoisotopic (exact) mass is 477 g/mol. The molecule has 0 radical (unpaired) electrons. The van der Waals surface area contributed by atoms with E-state index in [2.05, 4.69) is 26.3 Å². The lowest BCUT2D eigenvalue weighted by Crippen LogP contribution is -2.53. The van der Waals surface area contributed by atoms with Gasteiger partial charge in [0.1, 0.15) is 17.1 Å². The van der Waals surface area contributed by atoms with Crippen LogP contribution in [0.4, 0.5) is 5.69 Å². The molecule has 1 atom stereocenters. The summed E-state index contributed by atoms with van der Waals surface area (Å²) in [6.07, 6.45) is 2.34. The topological polar surface area (TPSA) is 97.0 Å². The minimum atomic E-state index is -0.180. The largest absolute Gasteiger partial charge is 0.507 e. The summed E-state index contributed by atoms with van der Waals surface area (Å²) in [4.78, 5) is 27.3. The van der Waals surface area contributed by atoms with Crippen LogP contribution in [-0.2, 0) is 0 Å². The Balaban J connectivity index is 1.46. The van der Waals surface area contributed by atoms with Gasteiger partial charge in [0, 0.05) is 23.5 Å². The molecule has 5 aromatic rings. The molecule has 5 heterocycles. The van der Waals surface area contributed by atoms with Gasteiger partial charge in [0.2, 0.25) is 0 Å². The Labute approximate surface area is 207 Å². The van der Waals surface area contributed by atoms with E-state index in [1.54, 1.807) is 6.07 Å². The SMILES string of the molecule is O=c1[nH]c2ccc(-c3ccccc3O)cc2c(N[C@@H]2CN3CCC2CC3)c1-c1nc2ccccc2[nH]1. The molecule has 0 amide bonds. The average molecular weight is 478 g/mol. The number of pyridine rings is 1. The molecule has 3 aromatic carbocycles. The first-order valence-corrected chi connectivity index (χ1v) is 12.6. The quantitative estimate of drug-likeness (QED) is 0.294. The summed E-state index contributed by atoms with van der Waals surface area (Å²) in [6, 6.07) is 21.3. The van der Waals surface area contributed by atoms with Crippen LogP contribution in [0.25, 0.3) is 44.5 Å². The second-order valence-corrected chi connectivity index (χ2v) is 9.97. The van der Waals surface area contributed by atoms with E-state index >= 15 is 0 Å². The van der Waals surface area contributed by atoms with Crippen molar-refractivity contribution < 1.29 is 5.11 Å². The summed E-state index contributed by atoms with van der Waals surface area (Å²) in [6.45, 7) is 3.26. The lowest BCUT2D eigenvalue weighted by Gasteiger charge is -2.45. The standard InChI is InChI=1S/C29H27N5O2/c35-25-8-4-1-5-19(25)18-9-10-21-20(15-18)27(30-24-16-34-13-11-17(24)12-14-34)26(29(36)33-21)28-31-22-6-2-3-7-23(22)32-28/h1-10,15,17,24,35H,11-14,16H2,(H,31,32)(H2,30,33,36)/t24-/m1/s1. The molecule has 3 saturated heterocycles. The zero-order chi connectivity index (χ0) is 24.2. The zero-order valence-electron chi connectivity index (χ0n) is 19.8. The molecule has 7 heteroatoms. The summed E-state index contributed by atoms with van der Waals surface area (Å²) in [7, 11) is 0. The number of aromatic nitrogens is 3. The Bertz CT molecular complexity index is 1630. The van der Waals surface area contributed by atoms with Gasteiger partial charge in [-0.15, -0.1) is 0 Å². The molecule has 7 nitrogen and oxygen atoms in total. The number of nitrogens with zero attached hydrogens (tertiary/aromatic N) is 2. The Morgan fingerprint density at radius 3 is 2.53 bits per heavy atom. The van der Waals surface area contributed by atoms with Crippen molar-refractivity contribution >= 4 is 27.6 Å². The summed E-state index contributed by atoms with van der Waals surface area (Å²) in [5.74, 6) is 1.36. The molecule has 3 fully saturated rings. The number of piperidine rings is 3. The first kappa shape index (κ1) is 21.2. The molecule has 180 valence electrons. The molecule has 2 bridgehead atoms. The second kappa shape index (κ2) is 8.24. The maximum Gasteiger partial charge on any atom is 0.261 e. The number of aromatic hydroxyl groups is 1. The number of phenolic OH excluding ortho intramolecular Hbond substituents is 1. The average Bonchev–Trinajstić information content (AvgIpc) is 3.33. The van der Waals surface area contributed by atoms with Gasteiger partial charge in [-0.25, -0.2) is 4.98 Å². The Morgan fingerprint density at radius 1 is 0.944 bits per heavy atom. The van der Waals surface area contributed by atoms with Gasteiger partial charge in [0.05, 0.1) is 22.2 Å². The van der Waals surface area contributed by atoms with Crippen LogP contribution in [-0.4, -0.2) is 50.6 Å². The fraction of sp³-hybridized carbons (Fsp3) is 0.241. The van der Waals surface area contributed by atoms with Crippen molar-refractivity contribution in [1.82, 2.24) is 19.9 Å². The maximum absolute atomic E-state index is 13.5. The summed E-state index contributed by atoms with van der Waals surface area (Å²) >= 11 is 0. The van der Waals surface area contributed by atoms with Crippen molar-refractivity contribution in [3.63, 3.8) is 0 Å². The van der Waals surface area contributed by atoms with E-state index in [0.717, 1.165) is 58.4 Å². The van der Waals surface area contributed by atoms with Gasteiger partial charge in [-0.3, -0.25) is 4.79 Å². The highest BCUT2D eigenvalue weighted by molar-refractivity contribution is 6.01. The third-order valence-corrected chi connectivity index (χ3v) is 7.84. The molecule has 0 aliphatic carbocycles. The Kier molecular flexibility index (Phi) is 4.85. The van der Waals surface area contributed by atoms with Gasteiger partial charge < -0.3 is 25.3 Å². The molecule has 3 aliphatic rings. The van der Waals surface area contributed by atoms with E-state index in [0.29, 0.717) is 17.3 Å². The van der Waals surface area contributed by atoms with Crippen molar-refractivity contribution in [3.05, 3.63) is 77.1 Å². The molecule has 3 aliphatic heterocycles. The van der Waals surface area contributed by atoms with Crippen LogP contribution in [0.2, 0.25) is 0 Å². The number of phenols is 1. The first-order chi connectivity index (χ1) is 17.6. The number of hydrogen-bond donors (Lipinski definition) is 4. The number of anilines is 1. The summed E-state index contributed by atoms with van der Waals surface area (Å²) < 4.78 is 0. The number of H-pyrrole nitrogens is 2. The fourth-order valence-electron chi connectivity index (χ4n) is 5.94. The third-order valence-electron chi connectivity index (χ3n) is 7.84. The number of fused-ring (bicyclic) bond motifs is 5. The second-order valence-electron chi connectivity index (χ2n) is 9.97. The normalized spacial score (nSPS) is 21.3. The van der Waals surface area contributed by atoms with Crippen molar-refractivity contribution in [2.24, 2.45) is 5.92 Å². The van der Waals surface area contributed by atoms with E-state index in [1.807, 2.05) is 54.6 Å².